The van der Waals surface area contributed by atoms with Gasteiger partial charge < -0.3 is 42.7 Å². The van der Waals surface area contributed by atoms with Crippen LogP contribution in [0, 0.1) is 5.92 Å². The van der Waals surface area contributed by atoms with Crippen LogP contribution in [0.5, 0.6) is 5.75 Å². The fraction of sp³-hybridized carbons (Fsp3) is 0.629. The molecule has 1 aromatic carbocycles. The number of nitrogens with one attached hydrogen (secondary N) is 6. The van der Waals surface area contributed by atoms with Crippen LogP contribution in [0.1, 0.15) is 79.2 Å². The number of hydrogen-bond acceptors (Lipinski definition) is 10. The molecule has 6 amide bonds. The van der Waals surface area contributed by atoms with Crippen molar-refractivity contribution in [3.63, 3.8) is 0 Å². The van der Waals surface area contributed by atoms with Crippen molar-refractivity contribution in [2.45, 2.75) is 109 Å². The molecule has 0 aliphatic carbocycles. The maximum Gasteiger partial charge on any atom is 0.284 e. The first-order valence-corrected chi connectivity index (χ1v) is 18.2. The first-order chi connectivity index (χ1) is 23.9. The summed E-state index contributed by atoms with van der Waals surface area (Å²) in [6.07, 6.45) is 2.35. The molecule has 0 bridgehead atoms. The van der Waals surface area contributed by atoms with Crippen LogP contribution in [0.2, 0.25) is 0 Å². The van der Waals surface area contributed by atoms with Crippen LogP contribution in [0.4, 0.5) is 0 Å². The Morgan fingerprint density at radius 2 is 1.35 bits per heavy atom. The van der Waals surface area contributed by atoms with E-state index in [-0.39, 0.29) is 48.0 Å². The normalized spacial score (nSPS) is 13.6. The molecule has 1 rings (SSSR count). The second kappa shape index (κ2) is 23.3. The van der Waals surface area contributed by atoms with Crippen molar-refractivity contribution in [3.8, 4) is 5.75 Å². The molecule has 0 radical (unpaired) electrons. The molecule has 9 N–H and O–H groups in total. The molecule has 0 unspecified atom stereocenters. The highest BCUT2D eigenvalue weighted by atomic mass is 32.2. The standard InChI is InChI=1S/C35H57N7O8S/c1-22(2)18-27(31(47)38-17-9-16-37-30(46)20-43)40-34(50)29(21-51-35(4,5)6)42-33(49)28(19-24-11-13-25(45)14-12-24)41-32(48)26(39-23(3)44)10-7-8-15-36/h11-14,20,22,26-29,45H,7-10,15-19,21,36H2,1-6H3,(H,37,46)(H,38,47)(H,39,44)(H,40,50)(H,41,48)(H,42,49)/t26-,27-,28-,29-/m0/s1. The van der Waals surface area contributed by atoms with Gasteiger partial charge in [-0.3, -0.25) is 33.6 Å². The minimum absolute atomic E-state index is 0.0138. The first kappa shape index (κ1) is 44.8. The molecule has 0 aliphatic heterocycles. The Hall–Kier alpha value is -4.18. The maximum absolute atomic E-state index is 14.0. The molecule has 51 heavy (non-hydrogen) atoms. The number of aldehydes is 1. The van der Waals surface area contributed by atoms with Crippen molar-refractivity contribution in [2.75, 3.05) is 25.4 Å². The van der Waals surface area contributed by atoms with E-state index in [1.54, 1.807) is 12.1 Å². The number of nitrogens with two attached hydrogens (primary N) is 1. The first-order valence-electron chi connectivity index (χ1n) is 17.3. The number of phenols is 1. The summed E-state index contributed by atoms with van der Waals surface area (Å²) in [6, 6.07) is 2.01. The molecular formula is C35H57N7O8S. The van der Waals surface area contributed by atoms with Gasteiger partial charge in [-0.1, -0.05) is 46.8 Å². The van der Waals surface area contributed by atoms with Gasteiger partial charge >= 0.3 is 0 Å². The molecule has 0 heterocycles. The van der Waals surface area contributed by atoms with Crippen LogP contribution < -0.4 is 37.6 Å². The third-order valence-electron chi connectivity index (χ3n) is 7.37. The molecule has 16 heteroatoms. The molecule has 0 aliphatic rings. The molecule has 286 valence electrons. The van der Waals surface area contributed by atoms with E-state index in [4.69, 9.17) is 5.73 Å². The number of rotatable bonds is 23. The third kappa shape index (κ3) is 19.7. The topological polar surface area (TPSA) is 238 Å². The van der Waals surface area contributed by atoms with Crippen LogP contribution in [-0.4, -0.2) is 101 Å². The molecule has 0 fully saturated rings. The summed E-state index contributed by atoms with van der Waals surface area (Å²) >= 11 is 1.43. The number of carbonyl (C=O) groups excluding carboxylic acids is 7. The fourth-order valence-corrected chi connectivity index (χ4v) is 5.70. The van der Waals surface area contributed by atoms with E-state index in [0.29, 0.717) is 44.2 Å². The Bertz CT molecular complexity index is 1300. The van der Waals surface area contributed by atoms with Crippen LogP contribution in [0.15, 0.2) is 24.3 Å². The lowest BCUT2D eigenvalue weighted by atomic mass is 10.0. The van der Waals surface area contributed by atoms with Gasteiger partial charge in [0.1, 0.15) is 29.9 Å². The van der Waals surface area contributed by atoms with E-state index in [9.17, 15) is 38.7 Å². The Labute approximate surface area is 305 Å². The van der Waals surface area contributed by atoms with Crippen LogP contribution in [-0.2, 0) is 40.0 Å². The Balaban J connectivity index is 3.28. The lowest BCUT2D eigenvalue weighted by Crippen LogP contribution is -2.59. The van der Waals surface area contributed by atoms with Gasteiger partial charge in [0.25, 0.3) is 5.91 Å². The number of benzene rings is 1. The van der Waals surface area contributed by atoms with Crippen LogP contribution in [0.25, 0.3) is 0 Å². The van der Waals surface area contributed by atoms with Crippen molar-refractivity contribution < 1.29 is 38.7 Å². The highest BCUT2D eigenvalue weighted by Crippen LogP contribution is 2.24. The number of carbonyl (C=O) groups is 7. The summed E-state index contributed by atoms with van der Waals surface area (Å²) in [5, 5.41) is 25.9. The summed E-state index contributed by atoms with van der Waals surface area (Å²) in [7, 11) is 0. The summed E-state index contributed by atoms with van der Waals surface area (Å²) in [4.78, 5) is 87.9. The average Bonchev–Trinajstić information content (AvgIpc) is 3.05. The van der Waals surface area contributed by atoms with Gasteiger partial charge in [-0.2, -0.15) is 11.8 Å². The van der Waals surface area contributed by atoms with Gasteiger partial charge in [0, 0.05) is 36.9 Å². The largest absolute Gasteiger partial charge is 0.508 e. The molecule has 4 atom stereocenters. The number of aromatic hydroxyl groups is 1. The summed E-state index contributed by atoms with van der Waals surface area (Å²) < 4.78 is -0.286. The van der Waals surface area contributed by atoms with Gasteiger partial charge in [0.15, 0.2) is 0 Å². The molecule has 0 saturated carbocycles. The Morgan fingerprint density at radius 3 is 1.92 bits per heavy atom. The minimum Gasteiger partial charge on any atom is -0.508 e. The molecule has 1 aromatic rings. The van der Waals surface area contributed by atoms with E-state index in [1.807, 2.05) is 34.6 Å². The van der Waals surface area contributed by atoms with E-state index in [1.165, 1.54) is 30.8 Å². The van der Waals surface area contributed by atoms with E-state index in [2.05, 4.69) is 31.9 Å². The smallest absolute Gasteiger partial charge is 0.284 e. The van der Waals surface area contributed by atoms with E-state index in [0.717, 1.165) is 0 Å². The van der Waals surface area contributed by atoms with Gasteiger partial charge in [-0.15, -0.1) is 0 Å². The highest BCUT2D eigenvalue weighted by molar-refractivity contribution is 8.00. The van der Waals surface area contributed by atoms with Crippen molar-refractivity contribution in [2.24, 2.45) is 11.7 Å². The van der Waals surface area contributed by atoms with Gasteiger partial charge in [0.2, 0.25) is 35.8 Å². The predicted octanol–water partition coefficient (Wildman–Crippen LogP) is 0.422. The fourth-order valence-electron chi connectivity index (χ4n) is 4.80. The lowest BCUT2D eigenvalue weighted by Gasteiger charge is -2.28. The average molecular weight is 736 g/mol. The summed E-state index contributed by atoms with van der Waals surface area (Å²) in [5.41, 5.74) is 6.23. The van der Waals surface area contributed by atoms with E-state index >= 15 is 0 Å². The number of thioether (sulfide) groups is 1. The van der Waals surface area contributed by atoms with Crippen LogP contribution in [0.3, 0.4) is 0 Å². The van der Waals surface area contributed by atoms with Gasteiger partial charge in [0.05, 0.1) is 0 Å². The van der Waals surface area contributed by atoms with Crippen molar-refractivity contribution in [1.82, 2.24) is 31.9 Å². The SMILES string of the molecule is CC(=O)N[C@@H](CCCCN)C(=O)N[C@@H](Cc1ccc(O)cc1)C(=O)N[C@@H](CSC(C)(C)C)C(=O)N[C@@H](CC(C)C)C(=O)NCCCNC(=O)C=O. The number of hydrogen-bond donors (Lipinski definition) is 8. The highest BCUT2D eigenvalue weighted by Gasteiger charge is 2.32. The summed E-state index contributed by atoms with van der Waals surface area (Å²) in [6.45, 7) is 11.8. The quantitative estimate of drug-likeness (QED) is 0.0438. The maximum atomic E-state index is 14.0. The zero-order chi connectivity index (χ0) is 38.6. The monoisotopic (exact) mass is 735 g/mol. The second-order valence-corrected chi connectivity index (χ2v) is 15.5. The van der Waals surface area contributed by atoms with Gasteiger partial charge in [-0.05, 0) is 62.3 Å². The zero-order valence-corrected chi connectivity index (χ0v) is 31.5. The van der Waals surface area contributed by atoms with Crippen molar-refractivity contribution in [1.29, 1.82) is 0 Å². The minimum atomic E-state index is -1.17. The zero-order valence-electron chi connectivity index (χ0n) is 30.6. The number of unbranched alkanes of at least 4 members (excludes halogenated alkanes) is 1. The van der Waals surface area contributed by atoms with Crippen molar-refractivity contribution in [3.05, 3.63) is 29.8 Å². The van der Waals surface area contributed by atoms with Crippen molar-refractivity contribution >= 4 is 53.5 Å². The lowest BCUT2D eigenvalue weighted by molar-refractivity contribution is -0.134. The summed E-state index contributed by atoms with van der Waals surface area (Å²) in [5.74, 6) is -3.24. The molecule has 0 spiro atoms. The Morgan fingerprint density at radius 1 is 0.784 bits per heavy atom. The molecular weight excluding hydrogens is 678 g/mol. The molecule has 0 aromatic heterocycles. The van der Waals surface area contributed by atoms with Crippen LogP contribution >= 0.6 is 11.8 Å². The Kier molecular flexibility index (Phi) is 20.5. The molecule has 0 saturated heterocycles. The number of phenolic OH excluding ortho intramolecular Hbond substituents is 1. The second-order valence-electron chi connectivity index (χ2n) is 13.7. The molecule has 15 nitrogen and oxygen atoms in total. The number of amides is 6. The van der Waals surface area contributed by atoms with Gasteiger partial charge in [-0.25, -0.2) is 0 Å². The van der Waals surface area contributed by atoms with E-state index < -0.39 is 59.6 Å². The predicted molar refractivity (Wildman–Crippen MR) is 196 cm³/mol. The third-order valence-corrected chi connectivity index (χ3v) is 8.73.